The number of nitrogens with one attached hydrogen (secondary N) is 1. The summed E-state index contributed by atoms with van der Waals surface area (Å²) in [6.45, 7) is 6.03. The minimum atomic E-state index is 0.643. The molecule has 0 radical (unpaired) electrons. The summed E-state index contributed by atoms with van der Waals surface area (Å²) in [5.74, 6) is 3.09. The maximum absolute atomic E-state index is 5.56. The Balaban J connectivity index is 2.55. The molecule has 0 bridgehead atoms. The molecule has 17 heavy (non-hydrogen) atoms. The molecule has 0 amide bonds. The molecule has 90 valence electrons. The van der Waals surface area contributed by atoms with Crippen LogP contribution in [0, 0.1) is 13.8 Å². The molecule has 0 fully saturated rings. The third-order valence-electron chi connectivity index (χ3n) is 2.78. The van der Waals surface area contributed by atoms with Crippen molar-refractivity contribution in [2.45, 2.75) is 27.2 Å². The fourth-order valence-corrected chi connectivity index (χ4v) is 1.82. The number of nitrogens with zero attached hydrogens (tertiary/aromatic N) is 2. The highest BCUT2D eigenvalue weighted by Gasteiger charge is 2.12. The molecule has 0 saturated heterocycles. The second-order valence-corrected chi connectivity index (χ2v) is 3.98. The van der Waals surface area contributed by atoms with Crippen molar-refractivity contribution in [2.75, 3.05) is 12.4 Å². The molecule has 4 heteroatoms. The van der Waals surface area contributed by atoms with Gasteiger partial charge >= 0.3 is 0 Å². The quantitative estimate of drug-likeness (QED) is 0.882. The minimum absolute atomic E-state index is 0.643. The highest BCUT2D eigenvalue weighted by atomic mass is 16.3. The molecule has 2 heterocycles. The lowest BCUT2D eigenvalue weighted by Gasteiger charge is -2.09. The van der Waals surface area contributed by atoms with E-state index >= 15 is 0 Å². The zero-order valence-electron chi connectivity index (χ0n) is 10.7. The third kappa shape index (κ3) is 2.16. The second kappa shape index (κ2) is 4.57. The lowest BCUT2D eigenvalue weighted by atomic mass is 10.2. The first-order valence-electron chi connectivity index (χ1n) is 5.77. The fraction of sp³-hybridized carbons (Fsp3) is 0.385. The summed E-state index contributed by atoms with van der Waals surface area (Å²) < 4.78 is 5.56. The first kappa shape index (κ1) is 11.6. The molecule has 0 atom stereocenters. The van der Waals surface area contributed by atoms with Gasteiger partial charge in [-0.1, -0.05) is 6.92 Å². The Bertz CT molecular complexity index is 506. The molecule has 0 aromatic carbocycles. The van der Waals surface area contributed by atoms with E-state index in [1.165, 1.54) is 0 Å². The van der Waals surface area contributed by atoms with E-state index in [2.05, 4.69) is 22.2 Å². The summed E-state index contributed by atoms with van der Waals surface area (Å²) in [6, 6.07) is 3.82. The number of aromatic nitrogens is 2. The molecular formula is C13H17N3O. The highest BCUT2D eigenvalue weighted by molar-refractivity contribution is 5.55. The van der Waals surface area contributed by atoms with E-state index in [0.717, 1.165) is 29.3 Å². The van der Waals surface area contributed by atoms with Gasteiger partial charge in [0.1, 0.15) is 11.6 Å². The molecule has 2 rings (SSSR count). The molecule has 0 spiro atoms. The Labute approximate surface area is 101 Å². The predicted octanol–water partition coefficient (Wildman–Crippen LogP) is 2.96. The normalized spacial score (nSPS) is 10.6. The summed E-state index contributed by atoms with van der Waals surface area (Å²) in [7, 11) is 1.87. The number of rotatable bonds is 3. The van der Waals surface area contributed by atoms with Crippen LogP contribution in [0.2, 0.25) is 0 Å². The zero-order valence-corrected chi connectivity index (χ0v) is 10.7. The van der Waals surface area contributed by atoms with Gasteiger partial charge in [0.25, 0.3) is 0 Å². The molecule has 0 aliphatic carbocycles. The van der Waals surface area contributed by atoms with Crippen molar-refractivity contribution in [3.63, 3.8) is 0 Å². The van der Waals surface area contributed by atoms with Crippen LogP contribution in [0.15, 0.2) is 16.5 Å². The van der Waals surface area contributed by atoms with E-state index < -0.39 is 0 Å². The SMILES string of the molecule is CCc1nc(-c2ccc(C)o2)nc(NC)c1C. The van der Waals surface area contributed by atoms with Gasteiger partial charge < -0.3 is 9.73 Å². The largest absolute Gasteiger partial charge is 0.458 e. The Kier molecular flexibility index (Phi) is 3.13. The molecule has 2 aromatic heterocycles. The number of furan rings is 1. The molecule has 0 saturated carbocycles. The van der Waals surface area contributed by atoms with Crippen LogP contribution in [-0.4, -0.2) is 17.0 Å². The van der Waals surface area contributed by atoms with Crippen molar-refractivity contribution >= 4 is 5.82 Å². The van der Waals surface area contributed by atoms with Crippen LogP contribution in [0.25, 0.3) is 11.6 Å². The van der Waals surface area contributed by atoms with Gasteiger partial charge in [0.15, 0.2) is 11.6 Å². The van der Waals surface area contributed by atoms with Crippen LogP contribution < -0.4 is 5.32 Å². The summed E-state index contributed by atoms with van der Waals surface area (Å²) in [5.41, 5.74) is 2.15. The van der Waals surface area contributed by atoms with E-state index in [9.17, 15) is 0 Å². The topological polar surface area (TPSA) is 51.0 Å². The van der Waals surface area contributed by atoms with E-state index in [1.54, 1.807) is 0 Å². The maximum atomic E-state index is 5.56. The van der Waals surface area contributed by atoms with E-state index in [1.807, 2.05) is 33.0 Å². The van der Waals surface area contributed by atoms with Crippen molar-refractivity contribution in [1.29, 1.82) is 0 Å². The van der Waals surface area contributed by atoms with E-state index in [4.69, 9.17) is 4.42 Å². The van der Waals surface area contributed by atoms with Gasteiger partial charge in [-0.05, 0) is 32.4 Å². The number of anilines is 1. The smallest absolute Gasteiger partial charge is 0.197 e. The lowest BCUT2D eigenvalue weighted by Crippen LogP contribution is -2.04. The monoisotopic (exact) mass is 231 g/mol. The van der Waals surface area contributed by atoms with Crippen molar-refractivity contribution in [1.82, 2.24) is 9.97 Å². The molecule has 0 unspecified atom stereocenters. The van der Waals surface area contributed by atoms with Gasteiger partial charge in [0.2, 0.25) is 0 Å². The van der Waals surface area contributed by atoms with Crippen LogP contribution in [-0.2, 0) is 6.42 Å². The molecule has 1 N–H and O–H groups in total. The molecule has 0 aliphatic heterocycles. The summed E-state index contributed by atoms with van der Waals surface area (Å²) in [4.78, 5) is 9.01. The average Bonchev–Trinajstić information content (AvgIpc) is 2.76. The van der Waals surface area contributed by atoms with Crippen LogP contribution in [0.1, 0.15) is 23.9 Å². The zero-order chi connectivity index (χ0) is 12.4. The lowest BCUT2D eigenvalue weighted by molar-refractivity contribution is 0.543. The first-order valence-corrected chi connectivity index (χ1v) is 5.77. The van der Waals surface area contributed by atoms with Crippen molar-refractivity contribution in [2.24, 2.45) is 0 Å². The Morgan fingerprint density at radius 2 is 2.00 bits per heavy atom. The fourth-order valence-electron chi connectivity index (χ4n) is 1.82. The van der Waals surface area contributed by atoms with Gasteiger partial charge in [-0.3, -0.25) is 0 Å². The highest BCUT2D eigenvalue weighted by Crippen LogP contribution is 2.23. The van der Waals surface area contributed by atoms with Crippen molar-refractivity contribution < 1.29 is 4.42 Å². The van der Waals surface area contributed by atoms with E-state index in [0.29, 0.717) is 11.6 Å². The maximum Gasteiger partial charge on any atom is 0.197 e. The van der Waals surface area contributed by atoms with Gasteiger partial charge in [-0.25, -0.2) is 9.97 Å². The van der Waals surface area contributed by atoms with Gasteiger partial charge in [0.05, 0.1) is 0 Å². The van der Waals surface area contributed by atoms with Crippen LogP contribution in [0.4, 0.5) is 5.82 Å². The van der Waals surface area contributed by atoms with Crippen molar-refractivity contribution in [3.8, 4) is 11.6 Å². The van der Waals surface area contributed by atoms with Gasteiger partial charge in [0, 0.05) is 18.3 Å². The van der Waals surface area contributed by atoms with Crippen LogP contribution in [0.5, 0.6) is 0 Å². The Morgan fingerprint density at radius 1 is 1.24 bits per heavy atom. The standard InChI is InChI=1S/C13H17N3O/c1-5-10-9(3)12(14-4)16-13(15-10)11-7-6-8(2)17-11/h6-7H,5H2,1-4H3,(H,14,15,16). The summed E-state index contributed by atoms with van der Waals surface area (Å²) in [6.07, 6.45) is 0.885. The Morgan fingerprint density at radius 3 is 2.53 bits per heavy atom. The Hall–Kier alpha value is -1.84. The second-order valence-electron chi connectivity index (χ2n) is 3.98. The van der Waals surface area contributed by atoms with E-state index in [-0.39, 0.29) is 0 Å². The van der Waals surface area contributed by atoms with Crippen LogP contribution in [0.3, 0.4) is 0 Å². The predicted molar refractivity (Wildman–Crippen MR) is 68.1 cm³/mol. The number of hydrogen-bond acceptors (Lipinski definition) is 4. The average molecular weight is 231 g/mol. The molecule has 0 aliphatic rings. The first-order chi connectivity index (χ1) is 8.15. The number of aryl methyl sites for hydroxylation is 2. The minimum Gasteiger partial charge on any atom is -0.458 e. The van der Waals surface area contributed by atoms with Crippen molar-refractivity contribution in [3.05, 3.63) is 29.2 Å². The summed E-state index contributed by atoms with van der Waals surface area (Å²) >= 11 is 0. The van der Waals surface area contributed by atoms with Crippen LogP contribution >= 0.6 is 0 Å². The number of hydrogen-bond donors (Lipinski definition) is 1. The molecule has 2 aromatic rings. The molecule has 4 nitrogen and oxygen atoms in total. The molecular weight excluding hydrogens is 214 g/mol. The van der Waals surface area contributed by atoms with Gasteiger partial charge in [-0.15, -0.1) is 0 Å². The summed E-state index contributed by atoms with van der Waals surface area (Å²) in [5, 5.41) is 3.09. The third-order valence-corrected chi connectivity index (χ3v) is 2.78. The van der Waals surface area contributed by atoms with Gasteiger partial charge in [-0.2, -0.15) is 0 Å².